The van der Waals surface area contributed by atoms with E-state index in [2.05, 4.69) is 19.9 Å². The van der Waals surface area contributed by atoms with E-state index in [9.17, 15) is 4.79 Å². The number of hydrogen-bond acceptors (Lipinski definition) is 3. The third-order valence-corrected chi connectivity index (χ3v) is 2.46. The fourth-order valence-electron chi connectivity index (χ4n) is 1.42. The van der Waals surface area contributed by atoms with Gasteiger partial charge in [0.25, 0.3) is 0 Å². The molecule has 0 atom stereocenters. The topological polar surface area (TPSA) is 70.1 Å². The van der Waals surface area contributed by atoms with Gasteiger partial charge in [0.05, 0.1) is 17.9 Å². The second-order valence-corrected chi connectivity index (χ2v) is 5.14. The molecular formula is C12H23N3O. The standard InChI is InChI=1S/C12H23N3O/c1-10(2)8-15(7-5-6-13)11(16)12(3,4)9-14/h10H,5,7-9,14H2,1-4H3. The maximum atomic E-state index is 12.2. The maximum Gasteiger partial charge on any atom is 0.229 e. The number of nitriles is 1. The molecule has 4 heteroatoms. The summed E-state index contributed by atoms with van der Waals surface area (Å²) in [5.41, 5.74) is 5.05. The molecule has 4 nitrogen and oxygen atoms in total. The summed E-state index contributed by atoms with van der Waals surface area (Å²) >= 11 is 0. The van der Waals surface area contributed by atoms with E-state index in [0.717, 1.165) is 0 Å². The largest absolute Gasteiger partial charge is 0.341 e. The van der Waals surface area contributed by atoms with Crippen LogP contribution in [0.3, 0.4) is 0 Å². The van der Waals surface area contributed by atoms with E-state index >= 15 is 0 Å². The molecule has 0 bridgehead atoms. The van der Waals surface area contributed by atoms with Gasteiger partial charge in [-0.1, -0.05) is 13.8 Å². The summed E-state index contributed by atoms with van der Waals surface area (Å²) < 4.78 is 0. The molecule has 0 aromatic carbocycles. The van der Waals surface area contributed by atoms with Gasteiger partial charge in [0, 0.05) is 19.6 Å². The van der Waals surface area contributed by atoms with Crippen molar-refractivity contribution in [1.82, 2.24) is 4.90 Å². The van der Waals surface area contributed by atoms with Crippen molar-refractivity contribution < 1.29 is 4.79 Å². The van der Waals surface area contributed by atoms with Crippen molar-refractivity contribution in [2.24, 2.45) is 17.1 Å². The lowest BCUT2D eigenvalue weighted by molar-refractivity contribution is -0.140. The van der Waals surface area contributed by atoms with Gasteiger partial charge in [0.15, 0.2) is 0 Å². The van der Waals surface area contributed by atoms with Crippen molar-refractivity contribution in [3.8, 4) is 6.07 Å². The first-order chi connectivity index (χ1) is 7.35. The Morgan fingerprint density at radius 1 is 1.50 bits per heavy atom. The van der Waals surface area contributed by atoms with E-state index in [1.54, 1.807) is 4.90 Å². The van der Waals surface area contributed by atoms with Gasteiger partial charge < -0.3 is 10.6 Å². The van der Waals surface area contributed by atoms with Gasteiger partial charge in [0.2, 0.25) is 5.91 Å². The lowest BCUT2D eigenvalue weighted by Gasteiger charge is -2.31. The fourth-order valence-corrected chi connectivity index (χ4v) is 1.42. The molecule has 0 rings (SSSR count). The zero-order valence-electron chi connectivity index (χ0n) is 10.8. The minimum absolute atomic E-state index is 0.0407. The normalized spacial score (nSPS) is 11.3. The van der Waals surface area contributed by atoms with E-state index in [-0.39, 0.29) is 5.91 Å². The van der Waals surface area contributed by atoms with E-state index in [0.29, 0.717) is 32.0 Å². The second-order valence-electron chi connectivity index (χ2n) is 5.14. The van der Waals surface area contributed by atoms with E-state index in [1.807, 2.05) is 13.8 Å². The van der Waals surface area contributed by atoms with E-state index in [4.69, 9.17) is 11.0 Å². The molecule has 0 aromatic rings. The Kier molecular flexibility index (Phi) is 6.05. The molecule has 0 unspecified atom stereocenters. The average Bonchev–Trinajstić information content (AvgIpc) is 2.22. The Bertz CT molecular complexity index is 266. The fraction of sp³-hybridized carbons (Fsp3) is 0.833. The number of nitrogens with two attached hydrogens (primary N) is 1. The van der Waals surface area contributed by atoms with Crippen LogP contribution in [0.2, 0.25) is 0 Å². The van der Waals surface area contributed by atoms with Gasteiger partial charge in [-0.25, -0.2) is 0 Å². The van der Waals surface area contributed by atoms with Gasteiger partial charge in [-0.15, -0.1) is 0 Å². The molecule has 2 N–H and O–H groups in total. The Morgan fingerprint density at radius 2 is 2.06 bits per heavy atom. The number of nitrogens with zero attached hydrogens (tertiary/aromatic N) is 2. The molecule has 0 fully saturated rings. The van der Waals surface area contributed by atoms with Gasteiger partial charge in [-0.05, 0) is 19.8 Å². The highest BCUT2D eigenvalue weighted by atomic mass is 16.2. The minimum Gasteiger partial charge on any atom is -0.341 e. The molecule has 16 heavy (non-hydrogen) atoms. The van der Waals surface area contributed by atoms with Crippen LogP contribution in [0, 0.1) is 22.7 Å². The van der Waals surface area contributed by atoms with Crippen LogP contribution >= 0.6 is 0 Å². The molecule has 1 amide bonds. The highest BCUT2D eigenvalue weighted by Gasteiger charge is 2.30. The van der Waals surface area contributed by atoms with Crippen molar-refractivity contribution >= 4 is 5.91 Å². The van der Waals surface area contributed by atoms with Crippen LogP contribution in [-0.4, -0.2) is 30.4 Å². The molecule has 0 heterocycles. The monoisotopic (exact) mass is 225 g/mol. The molecule has 0 spiro atoms. The lowest BCUT2D eigenvalue weighted by atomic mass is 9.91. The van der Waals surface area contributed by atoms with Crippen molar-refractivity contribution in [3.05, 3.63) is 0 Å². The van der Waals surface area contributed by atoms with Crippen molar-refractivity contribution in [2.75, 3.05) is 19.6 Å². The Morgan fingerprint density at radius 3 is 2.44 bits per heavy atom. The number of rotatable bonds is 6. The van der Waals surface area contributed by atoms with Crippen LogP contribution < -0.4 is 5.73 Å². The molecule has 0 saturated heterocycles. The van der Waals surface area contributed by atoms with E-state index < -0.39 is 5.41 Å². The van der Waals surface area contributed by atoms with Crippen molar-refractivity contribution in [1.29, 1.82) is 5.26 Å². The summed E-state index contributed by atoms with van der Waals surface area (Å²) in [4.78, 5) is 13.9. The van der Waals surface area contributed by atoms with E-state index in [1.165, 1.54) is 0 Å². The summed E-state index contributed by atoms with van der Waals surface area (Å²) in [5.74, 6) is 0.440. The molecular weight excluding hydrogens is 202 g/mol. The smallest absolute Gasteiger partial charge is 0.229 e. The van der Waals surface area contributed by atoms with Crippen LogP contribution in [0.25, 0.3) is 0 Å². The molecule has 0 saturated carbocycles. The summed E-state index contributed by atoms with van der Waals surface area (Å²) in [6.07, 6.45) is 0.374. The SMILES string of the molecule is CC(C)CN(CCC#N)C(=O)C(C)(C)CN. The third-order valence-electron chi connectivity index (χ3n) is 2.46. The van der Waals surface area contributed by atoms with Crippen LogP contribution in [0.4, 0.5) is 0 Å². The zero-order valence-corrected chi connectivity index (χ0v) is 10.8. The number of carbonyl (C=O) groups is 1. The third kappa shape index (κ3) is 4.63. The summed E-state index contributed by atoms with van der Waals surface area (Å²) in [6.45, 7) is 9.31. The van der Waals surface area contributed by atoms with Crippen LogP contribution in [-0.2, 0) is 4.79 Å². The zero-order chi connectivity index (χ0) is 12.8. The minimum atomic E-state index is -0.537. The van der Waals surface area contributed by atoms with Crippen LogP contribution in [0.15, 0.2) is 0 Å². The van der Waals surface area contributed by atoms with Crippen molar-refractivity contribution in [3.63, 3.8) is 0 Å². The molecule has 92 valence electrons. The van der Waals surface area contributed by atoms with Gasteiger partial charge >= 0.3 is 0 Å². The summed E-state index contributed by atoms with van der Waals surface area (Å²) in [6, 6.07) is 2.07. The predicted octanol–water partition coefficient (Wildman–Crippen LogP) is 1.37. The first-order valence-corrected chi connectivity index (χ1v) is 5.71. The van der Waals surface area contributed by atoms with Crippen LogP contribution in [0.5, 0.6) is 0 Å². The number of carbonyl (C=O) groups excluding carboxylic acids is 1. The van der Waals surface area contributed by atoms with Gasteiger partial charge in [0.1, 0.15) is 0 Å². The number of hydrogen-bond donors (Lipinski definition) is 1. The maximum absolute atomic E-state index is 12.2. The van der Waals surface area contributed by atoms with Crippen LogP contribution in [0.1, 0.15) is 34.1 Å². The van der Waals surface area contributed by atoms with Crippen molar-refractivity contribution in [2.45, 2.75) is 34.1 Å². The Hall–Kier alpha value is -1.08. The highest BCUT2D eigenvalue weighted by Crippen LogP contribution is 2.18. The van der Waals surface area contributed by atoms with Gasteiger partial charge in [-0.3, -0.25) is 4.79 Å². The lowest BCUT2D eigenvalue weighted by Crippen LogP contribution is -2.46. The highest BCUT2D eigenvalue weighted by molar-refractivity contribution is 5.82. The molecule has 0 aliphatic heterocycles. The molecule has 0 aromatic heterocycles. The Balaban J connectivity index is 4.62. The quantitative estimate of drug-likeness (QED) is 0.742. The first kappa shape index (κ1) is 14.9. The predicted molar refractivity (Wildman–Crippen MR) is 64.5 cm³/mol. The summed E-state index contributed by atoms with van der Waals surface area (Å²) in [7, 11) is 0. The first-order valence-electron chi connectivity index (χ1n) is 5.71. The molecule has 0 aliphatic rings. The summed E-state index contributed by atoms with van der Waals surface area (Å²) in [5, 5.41) is 8.58. The molecule has 0 aliphatic carbocycles. The Labute approximate surface area is 98.4 Å². The second kappa shape index (κ2) is 6.49. The van der Waals surface area contributed by atoms with Gasteiger partial charge in [-0.2, -0.15) is 5.26 Å². The average molecular weight is 225 g/mol. The molecule has 0 radical (unpaired) electrons. The number of amides is 1.